The van der Waals surface area contributed by atoms with Crippen molar-refractivity contribution in [2.75, 3.05) is 0 Å². The highest BCUT2D eigenvalue weighted by Crippen LogP contribution is 2.12. The first-order chi connectivity index (χ1) is 9.83. The molecule has 100 valence electrons. The molecule has 3 aromatic rings. The standard InChI is InChI=1S/C14H13N5O/c20-14-4-3-13(12-2-1-5-15-10-12)17-19(14)9-8-18-7-6-16-11-18/h1-7,10-11H,8-9H2. The van der Waals surface area contributed by atoms with Crippen LogP contribution in [0.25, 0.3) is 11.3 Å². The zero-order valence-electron chi connectivity index (χ0n) is 10.8. The first-order valence-corrected chi connectivity index (χ1v) is 6.27. The van der Waals surface area contributed by atoms with Crippen LogP contribution in [0.3, 0.4) is 0 Å². The molecule has 0 saturated heterocycles. The van der Waals surface area contributed by atoms with Gasteiger partial charge in [0.05, 0.1) is 18.6 Å². The van der Waals surface area contributed by atoms with E-state index < -0.39 is 0 Å². The molecule has 6 heteroatoms. The smallest absolute Gasteiger partial charge is 0.266 e. The highest BCUT2D eigenvalue weighted by atomic mass is 16.1. The Hall–Kier alpha value is -2.76. The van der Waals surface area contributed by atoms with Crippen molar-refractivity contribution in [1.29, 1.82) is 0 Å². The zero-order valence-corrected chi connectivity index (χ0v) is 10.8. The molecule has 0 aliphatic rings. The van der Waals surface area contributed by atoms with E-state index in [0.29, 0.717) is 13.1 Å². The fourth-order valence-electron chi connectivity index (χ4n) is 1.91. The van der Waals surface area contributed by atoms with E-state index in [1.54, 1.807) is 31.0 Å². The number of pyridine rings is 1. The Kier molecular flexibility index (Phi) is 3.36. The molecule has 0 aliphatic carbocycles. The van der Waals surface area contributed by atoms with E-state index in [9.17, 15) is 4.79 Å². The maximum Gasteiger partial charge on any atom is 0.266 e. The molecule has 0 unspecified atom stereocenters. The molecule has 3 aromatic heterocycles. The highest BCUT2D eigenvalue weighted by Gasteiger charge is 2.03. The molecule has 0 radical (unpaired) electrons. The van der Waals surface area contributed by atoms with Gasteiger partial charge in [-0.1, -0.05) is 0 Å². The van der Waals surface area contributed by atoms with Gasteiger partial charge in [0, 0.05) is 43.0 Å². The number of imidazole rings is 1. The van der Waals surface area contributed by atoms with Gasteiger partial charge in [-0.2, -0.15) is 5.10 Å². The van der Waals surface area contributed by atoms with Crippen LogP contribution >= 0.6 is 0 Å². The molecule has 6 nitrogen and oxygen atoms in total. The van der Waals surface area contributed by atoms with Crippen molar-refractivity contribution in [1.82, 2.24) is 24.3 Å². The van der Waals surface area contributed by atoms with Crippen LogP contribution in [0.2, 0.25) is 0 Å². The summed E-state index contributed by atoms with van der Waals surface area (Å²) in [5.41, 5.74) is 1.52. The summed E-state index contributed by atoms with van der Waals surface area (Å²) in [5, 5.41) is 4.37. The zero-order chi connectivity index (χ0) is 13.8. The molecule has 0 saturated carbocycles. The molecular formula is C14H13N5O. The fourth-order valence-corrected chi connectivity index (χ4v) is 1.91. The molecule has 0 N–H and O–H groups in total. The van der Waals surface area contributed by atoms with Gasteiger partial charge in [-0.15, -0.1) is 0 Å². The van der Waals surface area contributed by atoms with Gasteiger partial charge < -0.3 is 4.57 Å². The van der Waals surface area contributed by atoms with Gasteiger partial charge >= 0.3 is 0 Å². The van der Waals surface area contributed by atoms with Crippen molar-refractivity contribution in [3.63, 3.8) is 0 Å². The van der Waals surface area contributed by atoms with Gasteiger partial charge in [0.2, 0.25) is 0 Å². The molecule has 0 aliphatic heterocycles. The first-order valence-electron chi connectivity index (χ1n) is 6.27. The lowest BCUT2D eigenvalue weighted by Gasteiger charge is -2.07. The van der Waals surface area contributed by atoms with E-state index in [-0.39, 0.29) is 5.56 Å². The van der Waals surface area contributed by atoms with Crippen molar-refractivity contribution in [3.05, 3.63) is 65.7 Å². The van der Waals surface area contributed by atoms with Gasteiger partial charge in [0.25, 0.3) is 5.56 Å². The topological polar surface area (TPSA) is 65.6 Å². The fraction of sp³-hybridized carbons (Fsp3) is 0.143. The molecule has 0 atom stereocenters. The highest BCUT2D eigenvalue weighted by molar-refractivity contribution is 5.56. The second-order valence-electron chi connectivity index (χ2n) is 4.32. The molecule has 20 heavy (non-hydrogen) atoms. The van der Waals surface area contributed by atoms with E-state index in [1.165, 1.54) is 10.7 Å². The lowest BCUT2D eigenvalue weighted by atomic mass is 10.2. The van der Waals surface area contributed by atoms with Crippen LogP contribution in [0.1, 0.15) is 0 Å². The van der Waals surface area contributed by atoms with Gasteiger partial charge in [0.15, 0.2) is 0 Å². The summed E-state index contributed by atoms with van der Waals surface area (Å²) in [4.78, 5) is 19.9. The van der Waals surface area contributed by atoms with Crippen LogP contribution < -0.4 is 5.56 Å². The monoisotopic (exact) mass is 267 g/mol. The summed E-state index contributed by atoms with van der Waals surface area (Å²) in [6.07, 6.45) is 8.72. The quantitative estimate of drug-likeness (QED) is 0.712. The summed E-state index contributed by atoms with van der Waals surface area (Å²) in [7, 11) is 0. The molecule has 3 heterocycles. The van der Waals surface area contributed by atoms with E-state index in [1.807, 2.05) is 22.9 Å². The van der Waals surface area contributed by atoms with Crippen LogP contribution in [0.15, 0.2) is 60.2 Å². The molecule has 0 aromatic carbocycles. The number of nitrogens with zero attached hydrogens (tertiary/aromatic N) is 5. The SMILES string of the molecule is O=c1ccc(-c2cccnc2)nn1CCn1ccnc1. The van der Waals surface area contributed by atoms with Gasteiger partial charge in [-0.05, 0) is 18.2 Å². The summed E-state index contributed by atoms with van der Waals surface area (Å²) >= 11 is 0. The molecule has 0 bridgehead atoms. The predicted molar refractivity (Wildman–Crippen MR) is 74.0 cm³/mol. The summed E-state index contributed by atoms with van der Waals surface area (Å²) in [6.45, 7) is 1.16. The average Bonchev–Trinajstić information content (AvgIpc) is 3.01. The number of aromatic nitrogens is 5. The van der Waals surface area contributed by atoms with Crippen LogP contribution in [0.5, 0.6) is 0 Å². The second kappa shape index (κ2) is 5.48. The van der Waals surface area contributed by atoms with E-state index in [4.69, 9.17) is 0 Å². The van der Waals surface area contributed by atoms with Gasteiger partial charge in [-0.3, -0.25) is 9.78 Å². The lowest BCUT2D eigenvalue weighted by molar-refractivity contribution is 0.512. The molecule has 0 fully saturated rings. The van der Waals surface area contributed by atoms with Crippen molar-refractivity contribution in [3.8, 4) is 11.3 Å². The normalized spacial score (nSPS) is 10.6. The Bertz CT molecular complexity index is 734. The van der Waals surface area contributed by atoms with Crippen molar-refractivity contribution in [2.45, 2.75) is 13.1 Å². The summed E-state index contributed by atoms with van der Waals surface area (Å²) < 4.78 is 3.37. The number of hydrogen-bond acceptors (Lipinski definition) is 4. The maximum atomic E-state index is 11.8. The van der Waals surface area contributed by atoms with Crippen molar-refractivity contribution < 1.29 is 0 Å². The Morgan fingerprint density at radius 3 is 2.75 bits per heavy atom. The van der Waals surface area contributed by atoms with Crippen LogP contribution in [-0.2, 0) is 13.1 Å². The third-order valence-electron chi connectivity index (χ3n) is 2.95. The first kappa shape index (κ1) is 12.3. The Morgan fingerprint density at radius 1 is 1.05 bits per heavy atom. The number of hydrogen-bond donors (Lipinski definition) is 0. The second-order valence-corrected chi connectivity index (χ2v) is 4.32. The molecular weight excluding hydrogens is 254 g/mol. The summed E-state index contributed by atoms with van der Waals surface area (Å²) in [6, 6.07) is 7.01. The lowest BCUT2D eigenvalue weighted by Crippen LogP contribution is -2.24. The largest absolute Gasteiger partial charge is 0.336 e. The minimum atomic E-state index is -0.113. The molecule has 0 amide bonds. The maximum absolute atomic E-state index is 11.8. The van der Waals surface area contributed by atoms with E-state index in [2.05, 4.69) is 15.1 Å². The van der Waals surface area contributed by atoms with Crippen LogP contribution in [0, 0.1) is 0 Å². The van der Waals surface area contributed by atoms with Crippen LogP contribution in [0.4, 0.5) is 0 Å². The Labute approximate surface area is 115 Å². The minimum absolute atomic E-state index is 0.113. The Morgan fingerprint density at radius 2 is 2.00 bits per heavy atom. The van der Waals surface area contributed by atoms with E-state index in [0.717, 1.165) is 11.3 Å². The van der Waals surface area contributed by atoms with Gasteiger partial charge in [0.1, 0.15) is 0 Å². The molecule has 3 rings (SSSR count). The Balaban J connectivity index is 1.85. The summed E-state index contributed by atoms with van der Waals surface area (Å²) in [5.74, 6) is 0. The van der Waals surface area contributed by atoms with Gasteiger partial charge in [-0.25, -0.2) is 9.67 Å². The van der Waals surface area contributed by atoms with E-state index >= 15 is 0 Å². The van der Waals surface area contributed by atoms with Crippen molar-refractivity contribution >= 4 is 0 Å². The van der Waals surface area contributed by atoms with Crippen LogP contribution in [-0.4, -0.2) is 24.3 Å². The van der Waals surface area contributed by atoms with Crippen molar-refractivity contribution in [2.24, 2.45) is 0 Å². The third-order valence-corrected chi connectivity index (χ3v) is 2.95. The predicted octanol–water partition coefficient (Wildman–Crippen LogP) is 1.20. The minimum Gasteiger partial charge on any atom is -0.336 e. The molecule has 0 spiro atoms. The number of aryl methyl sites for hydroxylation is 2. The third kappa shape index (κ3) is 2.64. The number of rotatable bonds is 4. The average molecular weight is 267 g/mol.